The molecular formula is C12H18NO9P. The summed E-state index contributed by atoms with van der Waals surface area (Å²) >= 11 is 0. The van der Waals surface area contributed by atoms with Crippen molar-refractivity contribution in [3.8, 4) is 5.75 Å². The number of nitrogen functional groups attached to an aromatic ring is 1. The number of benzene rings is 1. The molecule has 23 heavy (non-hydrogen) atoms. The van der Waals surface area contributed by atoms with Crippen molar-refractivity contribution in [1.82, 2.24) is 0 Å². The van der Waals surface area contributed by atoms with Gasteiger partial charge in [-0.05, 0) is 24.3 Å². The van der Waals surface area contributed by atoms with E-state index in [1.807, 2.05) is 0 Å². The number of hydrogen-bond donors (Lipinski definition) is 7. The Kier molecular flexibility index (Phi) is 5.29. The van der Waals surface area contributed by atoms with Gasteiger partial charge in [0.25, 0.3) is 0 Å². The summed E-state index contributed by atoms with van der Waals surface area (Å²) in [6, 6.07) is 5.88. The smallest absolute Gasteiger partial charge is 0.356 e. The zero-order valence-corrected chi connectivity index (χ0v) is 12.6. The van der Waals surface area contributed by atoms with E-state index in [1.54, 1.807) is 0 Å². The maximum atomic E-state index is 11.1. The first-order valence-electron chi connectivity index (χ1n) is 6.56. The highest BCUT2D eigenvalue weighted by Gasteiger charge is 2.51. The van der Waals surface area contributed by atoms with Crippen LogP contribution in [0.5, 0.6) is 5.75 Å². The molecule has 1 saturated heterocycles. The molecule has 1 aromatic carbocycles. The minimum atomic E-state index is -5.02. The van der Waals surface area contributed by atoms with E-state index in [9.17, 15) is 25.0 Å². The zero-order chi connectivity index (χ0) is 17.4. The van der Waals surface area contributed by atoms with Gasteiger partial charge < -0.3 is 45.4 Å². The lowest BCUT2D eigenvalue weighted by atomic mass is 9.99. The predicted octanol–water partition coefficient (Wildman–Crippen LogP) is -2.05. The second kappa shape index (κ2) is 6.71. The Morgan fingerprint density at radius 2 is 1.65 bits per heavy atom. The number of aliphatic hydroxyl groups excluding tert-OH is 4. The van der Waals surface area contributed by atoms with Crippen LogP contribution in [0.2, 0.25) is 0 Å². The molecule has 130 valence electrons. The van der Waals surface area contributed by atoms with Crippen LogP contribution in [0.25, 0.3) is 0 Å². The normalized spacial score (nSPS) is 33.2. The number of aliphatic hydroxyl groups is 4. The molecule has 8 N–H and O–H groups in total. The Balaban J connectivity index is 2.19. The lowest BCUT2D eigenvalue weighted by molar-refractivity contribution is -0.282. The standard InChI is InChI=1S/C12H18NO9P/c13-5-1-3-6(4-2-5)21-12-9(16)7(14)8(15)10(22-12)11(17)23(18,19)20/h1-4,7-12,14-17H,13H2,(H2,18,19,20)/t7-,8+,9+,10-,11?,12-/m0/s1. The summed E-state index contributed by atoms with van der Waals surface area (Å²) in [6.07, 6.45) is -8.88. The van der Waals surface area contributed by atoms with E-state index in [1.165, 1.54) is 24.3 Å². The van der Waals surface area contributed by atoms with Gasteiger partial charge in [0.05, 0.1) is 0 Å². The number of hydrogen-bond acceptors (Lipinski definition) is 8. The van der Waals surface area contributed by atoms with E-state index in [4.69, 9.17) is 25.0 Å². The molecule has 0 amide bonds. The van der Waals surface area contributed by atoms with Crippen molar-refractivity contribution in [3.05, 3.63) is 24.3 Å². The summed E-state index contributed by atoms with van der Waals surface area (Å²) in [4.78, 5) is 18.0. The largest absolute Gasteiger partial charge is 0.462 e. The van der Waals surface area contributed by atoms with E-state index in [-0.39, 0.29) is 5.75 Å². The first kappa shape index (κ1) is 18.1. The van der Waals surface area contributed by atoms with E-state index in [0.29, 0.717) is 5.69 Å². The molecule has 0 spiro atoms. The van der Waals surface area contributed by atoms with Crippen LogP contribution in [0.3, 0.4) is 0 Å². The molecule has 0 aromatic heterocycles. The minimum Gasteiger partial charge on any atom is -0.462 e. The van der Waals surface area contributed by atoms with Crippen LogP contribution in [-0.4, -0.2) is 66.8 Å². The fourth-order valence-electron chi connectivity index (χ4n) is 2.09. The van der Waals surface area contributed by atoms with E-state index in [2.05, 4.69) is 0 Å². The van der Waals surface area contributed by atoms with E-state index < -0.39 is 44.1 Å². The molecule has 10 nitrogen and oxygen atoms in total. The van der Waals surface area contributed by atoms with Gasteiger partial charge in [0.1, 0.15) is 30.2 Å². The molecular weight excluding hydrogens is 333 g/mol. The number of anilines is 1. The van der Waals surface area contributed by atoms with E-state index in [0.717, 1.165) is 0 Å². The molecule has 0 aliphatic carbocycles. The van der Waals surface area contributed by atoms with Crippen LogP contribution in [0.15, 0.2) is 24.3 Å². The second-order valence-corrected chi connectivity index (χ2v) is 6.84. The maximum Gasteiger partial charge on any atom is 0.356 e. The average molecular weight is 351 g/mol. The number of nitrogens with two attached hydrogens (primary N) is 1. The SMILES string of the molecule is Nc1ccc(O[C@H]2O[C@H](C(O)P(=O)(O)O)[C@H](O)[C@H](O)[C@H]2O)cc1. The molecule has 2 rings (SSSR count). The second-order valence-electron chi connectivity index (χ2n) is 5.13. The predicted molar refractivity (Wildman–Crippen MR) is 76.2 cm³/mol. The maximum absolute atomic E-state index is 11.1. The fraction of sp³-hybridized carbons (Fsp3) is 0.500. The average Bonchev–Trinajstić information content (AvgIpc) is 2.48. The van der Waals surface area contributed by atoms with Crippen molar-refractivity contribution < 1.29 is 44.3 Å². The molecule has 0 bridgehead atoms. The van der Waals surface area contributed by atoms with Gasteiger partial charge in [-0.25, -0.2) is 0 Å². The Bertz CT molecular complexity index is 576. The lowest BCUT2D eigenvalue weighted by Crippen LogP contribution is -2.61. The monoisotopic (exact) mass is 351 g/mol. The summed E-state index contributed by atoms with van der Waals surface area (Å²) in [5.74, 6) is -2.20. The van der Waals surface area contributed by atoms with Crippen LogP contribution in [0.4, 0.5) is 5.69 Å². The van der Waals surface area contributed by atoms with Gasteiger partial charge in [-0.3, -0.25) is 4.57 Å². The molecule has 1 aliphatic heterocycles. The van der Waals surface area contributed by atoms with Crippen molar-refractivity contribution in [2.45, 2.75) is 36.6 Å². The molecule has 1 fully saturated rings. The van der Waals surface area contributed by atoms with Crippen molar-refractivity contribution in [1.29, 1.82) is 0 Å². The molecule has 0 radical (unpaired) electrons. The third-order valence-electron chi connectivity index (χ3n) is 3.38. The first-order chi connectivity index (χ1) is 10.6. The first-order valence-corrected chi connectivity index (χ1v) is 8.24. The Morgan fingerprint density at radius 1 is 1.09 bits per heavy atom. The molecule has 1 unspecified atom stereocenters. The minimum absolute atomic E-state index is 0.191. The Morgan fingerprint density at radius 3 is 2.17 bits per heavy atom. The summed E-state index contributed by atoms with van der Waals surface area (Å²) in [5.41, 5.74) is 5.96. The van der Waals surface area contributed by atoms with Gasteiger partial charge >= 0.3 is 7.60 Å². The van der Waals surface area contributed by atoms with Gasteiger partial charge in [-0.2, -0.15) is 0 Å². The van der Waals surface area contributed by atoms with Gasteiger partial charge in [-0.15, -0.1) is 0 Å². The molecule has 0 saturated carbocycles. The summed E-state index contributed by atoms with van der Waals surface area (Å²) in [6.45, 7) is 0. The van der Waals surface area contributed by atoms with Crippen LogP contribution >= 0.6 is 7.60 Å². The third kappa shape index (κ3) is 4.00. The van der Waals surface area contributed by atoms with Crippen LogP contribution in [-0.2, 0) is 9.30 Å². The zero-order valence-electron chi connectivity index (χ0n) is 11.7. The van der Waals surface area contributed by atoms with Gasteiger partial charge in [0, 0.05) is 5.69 Å². The van der Waals surface area contributed by atoms with Gasteiger partial charge in [0.15, 0.2) is 5.85 Å². The molecule has 11 heteroatoms. The van der Waals surface area contributed by atoms with Crippen molar-refractivity contribution in [3.63, 3.8) is 0 Å². The molecule has 1 aliphatic rings. The summed E-state index contributed by atoms with van der Waals surface area (Å²) in [7, 11) is -5.02. The molecule has 1 aromatic rings. The quantitative estimate of drug-likeness (QED) is 0.235. The van der Waals surface area contributed by atoms with Crippen LogP contribution in [0, 0.1) is 0 Å². The topological polar surface area (TPSA) is 183 Å². The fourth-order valence-corrected chi connectivity index (χ4v) is 2.72. The summed E-state index contributed by atoms with van der Waals surface area (Å²) in [5, 5.41) is 39.0. The highest BCUT2D eigenvalue weighted by molar-refractivity contribution is 7.52. The Hall–Kier alpha value is -1.23. The van der Waals surface area contributed by atoms with Crippen molar-refractivity contribution in [2.75, 3.05) is 5.73 Å². The third-order valence-corrected chi connectivity index (χ3v) is 4.36. The lowest BCUT2D eigenvalue weighted by Gasteiger charge is -2.41. The van der Waals surface area contributed by atoms with E-state index >= 15 is 0 Å². The van der Waals surface area contributed by atoms with Gasteiger partial charge in [-0.1, -0.05) is 0 Å². The van der Waals surface area contributed by atoms with Gasteiger partial charge in [0.2, 0.25) is 6.29 Å². The van der Waals surface area contributed by atoms with Crippen LogP contribution in [0.1, 0.15) is 0 Å². The summed E-state index contributed by atoms with van der Waals surface area (Å²) < 4.78 is 21.4. The highest BCUT2D eigenvalue weighted by Crippen LogP contribution is 2.44. The van der Waals surface area contributed by atoms with Crippen molar-refractivity contribution >= 4 is 13.3 Å². The number of ether oxygens (including phenoxy) is 2. The van der Waals surface area contributed by atoms with Crippen LogP contribution < -0.4 is 10.5 Å². The molecule has 6 atom stereocenters. The van der Waals surface area contributed by atoms with Crippen molar-refractivity contribution in [2.24, 2.45) is 0 Å². The Labute approximate surface area is 130 Å². The molecule has 1 heterocycles. The number of rotatable bonds is 4. The highest BCUT2D eigenvalue weighted by atomic mass is 31.2.